The summed E-state index contributed by atoms with van der Waals surface area (Å²) in [7, 11) is 0. The van der Waals surface area contributed by atoms with Crippen molar-refractivity contribution in [1.82, 2.24) is 9.99 Å². The molecule has 2 aromatic carbocycles. The molecule has 0 saturated carbocycles. The molecule has 3 rings (SSSR count). The van der Waals surface area contributed by atoms with Gasteiger partial charge >= 0.3 is 0 Å². The van der Waals surface area contributed by atoms with Crippen LogP contribution in [0.25, 0.3) is 5.69 Å². The summed E-state index contributed by atoms with van der Waals surface area (Å²) in [6.07, 6.45) is 5.24. The van der Waals surface area contributed by atoms with Crippen molar-refractivity contribution >= 4 is 28.1 Å². The predicted octanol–water partition coefficient (Wildman–Crippen LogP) is 4.11. The number of nitrogens with one attached hydrogen (secondary N) is 1. The van der Waals surface area contributed by atoms with Crippen LogP contribution in [-0.4, -0.2) is 28.4 Å². The van der Waals surface area contributed by atoms with Crippen LogP contribution in [-0.2, 0) is 0 Å². The molecule has 2 N–H and O–H groups in total. The summed E-state index contributed by atoms with van der Waals surface area (Å²) in [4.78, 5) is 12.5. The van der Waals surface area contributed by atoms with Gasteiger partial charge in [-0.2, -0.15) is 5.10 Å². The summed E-state index contributed by atoms with van der Waals surface area (Å²) in [5, 5.41) is 14.0. The number of halogens is 1. The van der Waals surface area contributed by atoms with E-state index in [2.05, 4.69) is 26.5 Å². The van der Waals surface area contributed by atoms with Gasteiger partial charge in [-0.05, 0) is 64.8 Å². The van der Waals surface area contributed by atoms with Crippen LogP contribution in [0.3, 0.4) is 0 Å². The number of hydrazone groups is 1. The number of para-hydroxylation sites is 1. The maximum Gasteiger partial charge on any atom is 0.273 e. The highest BCUT2D eigenvalue weighted by molar-refractivity contribution is 9.10. The lowest BCUT2D eigenvalue weighted by Crippen LogP contribution is -2.19. The maximum atomic E-state index is 12.5. The minimum atomic E-state index is -0.321. The molecule has 7 heteroatoms. The number of nitrogens with zero attached hydrogens (tertiary/aromatic N) is 2. The molecule has 0 fully saturated rings. The molecule has 0 unspecified atom stereocenters. The normalized spacial score (nSPS) is 10.9. The third-order valence-electron chi connectivity index (χ3n) is 3.76. The van der Waals surface area contributed by atoms with Crippen molar-refractivity contribution in [3.05, 3.63) is 76.5 Å². The molecule has 0 saturated heterocycles. The lowest BCUT2D eigenvalue weighted by Gasteiger charge is -2.09. The number of phenols is 1. The van der Waals surface area contributed by atoms with E-state index in [1.54, 1.807) is 24.3 Å². The fourth-order valence-corrected chi connectivity index (χ4v) is 3.01. The molecule has 27 heavy (non-hydrogen) atoms. The summed E-state index contributed by atoms with van der Waals surface area (Å²) in [6, 6.07) is 14.4. The minimum absolute atomic E-state index is 0.0266. The Balaban J connectivity index is 1.77. The number of carbonyl (C=O) groups excluding carboxylic acids is 1. The van der Waals surface area contributed by atoms with E-state index in [1.165, 1.54) is 6.21 Å². The number of hydrogen-bond acceptors (Lipinski definition) is 4. The second-order valence-corrected chi connectivity index (χ2v) is 6.44. The standard InChI is InChI=1S/C20H18BrN3O3/c1-2-27-18-12-14(11-16(21)19(18)25)13-22-23-20(26)15-7-3-4-8-17(15)24-9-5-6-10-24/h3-13,25H,2H2,1H3,(H,23,26). The van der Waals surface area contributed by atoms with Crippen LogP contribution in [0.1, 0.15) is 22.8 Å². The van der Waals surface area contributed by atoms with E-state index in [9.17, 15) is 9.90 Å². The van der Waals surface area contributed by atoms with Crippen LogP contribution >= 0.6 is 15.9 Å². The number of phenolic OH excluding ortho intramolecular Hbond substituents is 1. The largest absolute Gasteiger partial charge is 0.503 e. The molecule has 0 aliphatic rings. The van der Waals surface area contributed by atoms with E-state index in [0.29, 0.717) is 28.0 Å². The fraction of sp³-hybridized carbons (Fsp3) is 0.100. The average molecular weight is 428 g/mol. The first-order valence-corrected chi connectivity index (χ1v) is 9.10. The topological polar surface area (TPSA) is 75.8 Å². The number of rotatable bonds is 6. The molecule has 1 heterocycles. The first kappa shape index (κ1) is 18.7. The molecule has 138 valence electrons. The second-order valence-electron chi connectivity index (χ2n) is 5.59. The van der Waals surface area contributed by atoms with Crippen LogP contribution in [0, 0.1) is 0 Å². The number of benzene rings is 2. The van der Waals surface area contributed by atoms with Gasteiger partial charge in [0.1, 0.15) is 0 Å². The lowest BCUT2D eigenvalue weighted by molar-refractivity contribution is 0.0955. The summed E-state index contributed by atoms with van der Waals surface area (Å²) in [6.45, 7) is 2.25. The third-order valence-corrected chi connectivity index (χ3v) is 4.37. The van der Waals surface area contributed by atoms with E-state index < -0.39 is 0 Å². The Bertz CT molecular complexity index is 969. The number of aromatic hydroxyl groups is 1. The predicted molar refractivity (Wildman–Crippen MR) is 108 cm³/mol. The number of amides is 1. The second kappa shape index (κ2) is 8.55. The first-order valence-electron chi connectivity index (χ1n) is 8.31. The van der Waals surface area contributed by atoms with Crippen LogP contribution in [0.4, 0.5) is 0 Å². The van der Waals surface area contributed by atoms with Crippen molar-refractivity contribution in [3.63, 3.8) is 0 Å². The monoisotopic (exact) mass is 427 g/mol. The van der Waals surface area contributed by atoms with Crippen molar-refractivity contribution in [1.29, 1.82) is 0 Å². The SMILES string of the molecule is CCOc1cc(C=NNC(=O)c2ccccc2-n2cccc2)cc(Br)c1O. The molecule has 1 aromatic heterocycles. The smallest absolute Gasteiger partial charge is 0.273 e. The van der Waals surface area contributed by atoms with Crippen LogP contribution in [0.5, 0.6) is 11.5 Å². The zero-order valence-electron chi connectivity index (χ0n) is 14.6. The van der Waals surface area contributed by atoms with Gasteiger partial charge in [0.25, 0.3) is 5.91 Å². The van der Waals surface area contributed by atoms with Gasteiger partial charge in [-0.25, -0.2) is 5.43 Å². The molecule has 0 bridgehead atoms. The molecule has 1 amide bonds. The number of aromatic nitrogens is 1. The van der Waals surface area contributed by atoms with Crippen LogP contribution in [0.15, 0.2) is 70.5 Å². The number of hydrogen-bond donors (Lipinski definition) is 2. The van der Waals surface area contributed by atoms with Gasteiger partial charge in [0.15, 0.2) is 11.5 Å². The molecule has 3 aromatic rings. The van der Waals surface area contributed by atoms with E-state index in [1.807, 2.05) is 48.1 Å². The van der Waals surface area contributed by atoms with Crippen LogP contribution < -0.4 is 10.2 Å². The van der Waals surface area contributed by atoms with Crippen molar-refractivity contribution in [2.24, 2.45) is 5.10 Å². The zero-order chi connectivity index (χ0) is 19.2. The third kappa shape index (κ3) is 4.38. The number of carbonyl (C=O) groups is 1. The van der Waals surface area contributed by atoms with Gasteiger partial charge in [-0.15, -0.1) is 0 Å². The Labute approximate surface area is 165 Å². The highest BCUT2D eigenvalue weighted by atomic mass is 79.9. The molecule has 0 aliphatic carbocycles. The molecule has 0 aliphatic heterocycles. The molecule has 6 nitrogen and oxygen atoms in total. The zero-order valence-corrected chi connectivity index (χ0v) is 16.2. The van der Waals surface area contributed by atoms with Crippen molar-refractivity contribution in [2.45, 2.75) is 6.92 Å². The summed E-state index contributed by atoms with van der Waals surface area (Å²) in [5.74, 6) is 0.0507. The number of ether oxygens (including phenoxy) is 1. The fourth-order valence-electron chi connectivity index (χ4n) is 2.55. The molecule has 0 radical (unpaired) electrons. The molecule has 0 spiro atoms. The minimum Gasteiger partial charge on any atom is -0.503 e. The van der Waals surface area contributed by atoms with Gasteiger partial charge in [0.05, 0.1) is 28.5 Å². The van der Waals surface area contributed by atoms with E-state index in [4.69, 9.17) is 4.74 Å². The Kier molecular flexibility index (Phi) is 5.93. The Morgan fingerprint density at radius 3 is 2.74 bits per heavy atom. The Morgan fingerprint density at radius 1 is 1.26 bits per heavy atom. The van der Waals surface area contributed by atoms with Gasteiger partial charge in [-0.1, -0.05) is 12.1 Å². The summed E-state index contributed by atoms with van der Waals surface area (Å²) < 4.78 is 7.73. The summed E-state index contributed by atoms with van der Waals surface area (Å²) >= 11 is 3.27. The maximum absolute atomic E-state index is 12.5. The van der Waals surface area contributed by atoms with E-state index in [-0.39, 0.29) is 11.7 Å². The van der Waals surface area contributed by atoms with Crippen LogP contribution in [0.2, 0.25) is 0 Å². The van der Waals surface area contributed by atoms with E-state index >= 15 is 0 Å². The van der Waals surface area contributed by atoms with Crippen molar-refractivity contribution in [2.75, 3.05) is 6.61 Å². The van der Waals surface area contributed by atoms with Crippen molar-refractivity contribution < 1.29 is 14.6 Å². The molecule has 0 atom stereocenters. The first-order chi connectivity index (χ1) is 13.1. The highest BCUT2D eigenvalue weighted by Gasteiger charge is 2.11. The van der Waals surface area contributed by atoms with Crippen molar-refractivity contribution in [3.8, 4) is 17.2 Å². The lowest BCUT2D eigenvalue weighted by atomic mass is 10.1. The molecular weight excluding hydrogens is 410 g/mol. The highest BCUT2D eigenvalue weighted by Crippen LogP contribution is 2.35. The van der Waals surface area contributed by atoms with Gasteiger partial charge in [0.2, 0.25) is 0 Å². The quantitative estimate of drug-likeness (QED) is 0.459. The van der Waals surface area contributed by atoms with Gasteiger partial charge in [-0.3, -0.25) is 4.79 Å². The molecular formula is C20H18BrN3O3. The Morgan fingerprint density at radius 2 is 2.00 bits per heavy atom. The summed E-state index contributed by atoms with van der Waals surface area (Å²) in [5.41, 5.74) is 4.47. The van der Waals surface area contributed by atoms with Gasteiger partial charge in [0, 0.05) is 12.4 Å². The average Bonchev–Trinajstić information content (AvgIpc) is 3.20. The Hall–Kier alpha value is -3.06. The van der Waals surface area contributed by atoms with Gasteiger partial charge < -0.3 is 14.4 Å². The van der Waals surface area contributed by atoms with E-state index in [0.717, 1.165) is 5.69 Å².